The third kappa shape index (κ3) is 4.26. The number of para-hydroxylation sites is 1. The molecule has 0 amide bonds. The van der Waals surface area contributed by atoms with Crippen molar-refractivity contribution in [3.8, 4) is 22.9 Å². The van der Waals surface area contributed by atoms with Crippen molar-refractivity contribution in [1.82, 2.24) is 4.98 Å². The number of rotatable bonds is 4. The van der Waals surface area contributed by atoms with Crippen LogP contribution < -0.4 is 9.64 Å². The van der Waals surface area contributed by atoms with Gasteiger partial charge in [0, 0.05) is 41.5 Å². The summed E-state index contributed by atoms with van der Waals surface area (Å²) < 4.78 is 11.8. The van der Waals surface area contributed by atoms with E-state index in [9.17, 15) is 5.26 Å². The maximum absolute atomic E-state index is 9.22. The Labute approximate surface area is 201 Å². The van der Waals surface area contributed by atoms with Crippen LogP contribution in [0.1, 0.15) is 38.7 Å². The van der Waals surface area contributed by atoms with E-state index >= 15 is 0 Å². The normalized spacial score (nSPS) is 22.8. The molecule has 2 aromatic carbocycles. The van der Waals surface area contributed by atoms with Gasteiger partial charge >= 0.3 is 0 Å². The maximum atomic E-state index is 9.22. The molecule has 2 heterocycles. The fourth-order valence-corrected chi connectivity index (χ4v) is 5.32. The van der Waals surface area contributed by atoms with E-state index in [1.54, 1.807) is 7.11 Å². The molecule has 5 heteroatoms. The Kier molecular flexibility index (Phi) is 6.26. The van der Waals surface area contributed by atoms with E-state index in [1.165, 1.54) is 11.3 Å². The molecule has 0 spiro atoms. The van der Waals surface area contributed by atoms with Crippen LogP contribution in [0.5, 0.6) is 5.75 Å². The number of anilines is 1. The number of fused-ring (bicyclic) bond motifs is 1. The first-order valence-electron chi connectivity index (χ1n) is 12.1. The van der Waals surface area contributed by atoms with Crippen molar-refractivity contribution in [3.63, 3.8) is 0 Å². The summed E-state index contributed by atoms with van der Waals surface area (Å²) in [5.74, 6) is 0.971. The lowest BCUT2D eigenvalue weighted by Gasteiger charge is -2.36. The van der Waals surface area contributed by atoms with Gasteiger partial charge in [0.25, 0.3) is 0 Å². The van der Waals surface area contributed by atoms with Gasteiger partial charge in [-0.25, -0.2) is 0 Å². The van der Waals surface area contributed by atoms with Crippen molar-refractivity contribution in [2.45, 2.75) is 45.3 Å². The number of nitriles is 1. The molecule has 1 unspecified atom stereocenters. The zero-order chi connectivity index (χ0) is 23.7. The zero-order valence-electron chi connectivity index (χ0n) is 20.1. The van der Waals surface area contributed by atoms with Crippen molar-refractivity contribution in [2.75, 3.05) is 25.1 Å². The van der Waals surface area contributed by atoms with Gasteiger partial charge < -0.3 is 14.4 Å². The van der Waals surface area contributed by atoms with Crippen molar-refractivity contribution in [1.29, 1.82) is 5.26 Å². The van der Waals surface area contributed by atoms with Crippen LogP contribution in [0.3, 0.4) is 0 Å². The lowest BCUT2D eigenvalue weighted by Crippen LogP contribution is -2.45. The third-order valence-electron chi connectivity index (χ3n) is 6.95. The molecule has 3 aromatic rings. The van der Waals surface area contributed by atoms with E-state index in [0.717, 1.165) is 65.7 Å². The molecule has 0 radical (unpaired) electrons. The minimum atomic E-state index is 0.125. The van der Waals surface area contributed by atoms with Crippen LogP contribution in [0.4, 0.5) is 5.69 Å². The summed E-state index contributed by atoms with van der Waals surface area (Å²) in [6.45, 7) is 6.06. The quantitative estimate of drug-likeness (QED) is 0.469. The van der Waals surface area contributed by atoms with E-state index < -0.39 is 0 Å². The number of nitrogens with zero attached hydrogens (tertiary/aromatic N) is 3. The molecular formula is C29H31N3O2. The number of pyridine rings is 1. The molecule has 0 saturated carbocycles. The Morgan fingerprint density at radius 2 is 1.82 bits per heavy atom. The van der Waals surface area contributed by atoms with Gasteiger partial charge in [-0.2, -0.15) is 5.26 Å². The summed E-state index contributed by atoms with van der Waals surface area (Å²) in [6.07, 6.45) is 7.22. The van der Waals surface area contributed by atoms with E-state index in [0.29, 0.717) is 0 Å². The highest BCUT2D eigenvalue weighted by Crippen LogP contribution is 2.40. The van der Waals surface area contributed by atoms with Crippen LogP contribution in [0, 0.1) is 17.2 Å². The first kappa shape index (κ1) is 22.4. The van der Waals surface area contributed by atoms with Crippen LogP contribution in [0.2, 0.25) is 0 Å². The number of allylic oxidation sites excluding steroid dienone is 2. The van der Waals surface area contributed by atoms with Crippen molar-refractivity contribution in [3.05, 3.63) is 60.3 Å². The molecule has 3 atom stereocenters. The number of benzene rings is 2. The Morgan fingerprint density at radius 1 is 1.06 bits per heavy atom. The molecule has 1 aliphatic carbocycles. The molecule has 1 fully saturated rings. The van der Waals surface area contributed by atoms with Gasteiger partial charge in [-0.1, -0.05) is 30.3 Å². The van der Waals surface area contributed by atoms with Gasteiger partial charge in [-0.15, -0.1) is 0 Å². The molecule has 2 aliphatic rings. The number of hydrogen-bond donors (Lipinski definition) is 0. The second kappa shape index (κ2) is 9.48. The number of morpholine rings is 1. The summed E-state index contributed by atoms with van der Waals surface area (Å²) in [4.78, 5) is 7.29. The van der Waals surface area contributed by atoms with Gasteiger partial charge in [0.05, 0.1) is 36.8 Å². The summed E-state index contributed by atoms with van der Waals surface area (Å²) in [5, 5.41) is 10.2. The Hall–Kier alpha value is -3.36. The Morgan fingerprint density at radius 3 is 2.47 bits per heavy atom. The van der Waals surface area contributed by atoms with Crippen LogP contribution in [-0.4, -0.2) is 37.4 Å². The van der Waals surface area contributed by atoms with Gasteiger partial charge in [-0.05, 0) is 62.4 Å². The predicted octanol–water partition coefficient (Wildman–Crippen LogP) is 6.23. The molecule has 0 N–H and O–H groups in total. The van der Waals surface area contributed by atoms with Crippen LogP contribution in [0.25, 0.3) is 27.6 Å². The molecule has 0 bridgehead atoms. The summed E-state index contributed by atoms with van der Waals surface area (Å²) in [7, 11) is 1.73. The minimum absolute atomic E-state index is 0.125. The first-order chi connectivity index (χ1) is 16.6. The largest absolute Gasteiger partial charge is 0.495 e. The maximum Gasteiger partial charge on any atom is 0.137 e. The predicted molar refractivity (Wildman–Crippen MR) is 137 cm³/mol. The first-order valence-corrected chi connectivity index (χ1v) is 12.1. The zero-order valence-corrected chi connectivity index (χ0v) is 20.1. The molecule has 5 rings (SSSR count). The van der Waals surface area contributed by atoms with E-state index in [-0.39, 0.29) is 18.1 Å². The number of ether oxygens (including phenoxy) is 2. The van der Waals surface area contributed by atoms with E-state index in [2.05, 4.69) is 73.4 Å². The third-order valence-corrected chi connectivity index (χ3v) is 6.95. The van der Waals surface area contributed by atoms with Crippen molar-refractivity contribution < 1.29 is 9.47 Å². The lowest BCUT2D eigenvalue weighted by molar-refractivity contribution is -0.00521. The van der Waals surface area contributed by atoms with Gasteiger partial charge in [0.1, 0.15) is 5.75 Å². The van der Waals surface area contributed by atoms with Crippen molar-refractivity contribution >= 4 is 22.2 Å². The van der Waals surface area contributed by atoms with Gasteiger partial charge in [0.2, 0.25) is 0 Å². The molecule has 34 heavy (non-hydrogen) atoms. The molecule has 5 nitrogen and oxygen atoms in total. The van der Waals surface area contributed by atoms with Crippen LogP contribution in [0.15, 0.2) is 54.7 Å². The topological polar surface area (TPSA) is 58.4 Å². The fourth-order valence-electron chi connectivity index (χ4n) is 5.32. The highest BCUT2D eigenvalue weighted by molar-refractivity contribution is 5.98. The smallest absolute Gasteiger partial charge is 0.137 e. The second-order valence-electron chi connectivity index (χ2n) is 9.45. The Balaban J connectivity index is 1.49. The van der Waals surface area contributed by atoms with Crippen molar-refractivity contribution in [2.24, 2.45) is 5.92 Å². The lowest BCUT2D eigenvalue weighted by atomic mass is 9.86. The monoisotopic (exact) mass is 453 g/mol. The molecule has 1 aliphatic heterocycles. The van der Waals surface area contributed by atoms with Crippen LogP contribution >= 0.6 is 0 Å². The van der Waals surface area contributed by atoms with Crippen LogP contribution in [-0.2, 0) is 4.74 Å². The average molecular weight is 454 g/mol. The summed E-state index contributed by atoms with van der Waals surface area (Å²) >= 11 is 0. The van der Waals surface area contributed by atoms with E-state index in [1.807, 2.05) is 6.20 Å². The molecular weight excluding hydrogens is 422 g/mol. The number of hydrogen-bond acceptors (Lipinski definition) is 5. The van der Waals surface area contributed by atoms with Gasteiger partial charge in [0.15, 0.2) is 0 Å². The highest BCUT2D eigenvalue weighted by Gasteiger charge is 2.23. The second-order valence-corrected chi connectivity index (χ2v) is 9.45. The van der Waals surface area contributed by atoms with Gasteiger partial charge in [-0.3, -0.25) is 4.98 Å². The average Bonchev–Trinajstić information content (AvgIpc) is 2.87. The highest BCUT2D eigenvalue weighted by atomic mass is 16.5. The SMILES string of the molecule is COc1c(-c2ccc(N3C[C@@H](C)O[C@@H](C)C3)cc2)cnc2c(C3=CCC(C#N)CC3)cccc12. The Bertz CT molecular complexity index is 1250. The minimum Gasteiger partial charge on any atom is -0.495 e. The summed E-state index contributed by atoms with van der Waals surface area (Å²) in [6, 6.07) is 17.4. The number of methoxy groups -OCH3 is 1. The van der Waals surface area contributed by atoms with E-state index in [4.69, 9.17) is 14.5 Å². The molecule has 1 saturated heterocycles. The number of aromatic nitrogens is 1. The fraction of sp³-hybridized carbons (Fsp3) is 0.379. The molecule has 174 valence electrons. The standard InChI is InChI=1S/C29H31N3O2/c1-19-17-32(18-20(2)34-19)24-13-11-23(12-14-24)27-16-31-28-25(5-4-6-26(28)29(27)33-3)22-9-7-21(15-30)8-10-22/h4-6,9,11-14,16,19-21H,7-8,10,17-18H2,1-3H3/t19-,20+,21?. The summed E-state index contributed by atoms with van der Waals surface area (Å²) in [5.41, 5.74) is 6.66. The molecule has 1 aromatic heterocycles.